The summed E-state index contributed by atoms with van der Waals surface area (Å²) in [6, 6.07) is 11.1. The topological polar surface area (TPSA) is 99.7 Å². The number of amides is 2. The number of carbonyl (C=O) groups is 2. The molecule has 1 aliphatic rings. The highest BCUT2D eigenvalue weighted by atomic mass is 35.5. The van der Waals surface area contributed by atoms with Crippen molar-refractivity contribution in [3.63, 3.8) is 0 Å². The van der Waals surface area contributed by atoms with Crippen LogP contribution < -0.4 is 10.2 Å². The largest absolute Gasteiger partial charge is 0.416 e. The van der Waals surface area contributed by atoms with Gasteiger partial charge in [0.15, 0.2) is 0 Å². The van der Waals surface area contributed by atoms with E-state index in [4.69, 9.17) is 11.6 Å². The zero-order valence-electron chi connectivity index (χ0n) is 20.7. The van der Waals surface area contributed by atoms with Crippen molar-refractivity contribution < 1.29 is 31.2 Å². The lowest BCUT2D eigenvalue weighted by Crippen LogP contribution is -2.38. The summed E-state index contributed by atoms with van der Waals surface area (Å²) in [4.78, 5) is 30.4. The second-order valence-corrected chi connectivity index (χ2v) is 11.3. The van der Waals surface area contributed by atoms with E-state index in [0.717, 1.165) is 22.9 Å². The summed E-state index contributed by atoms with van der Waals surface area (Å²) in [5.74, 6) is -0.723. The van der Waals surface area contributed by atoms with Crippen LogP contribution in [0.5, 0.6) is 0 Å². The lowest BCUT2D eigenvalue weighted by Gasteiger charge is -2.22. The summed E-state index contributed by atoms with van der Waals surface area (Å²) in [6.45, 7) is 1.24. The maximum atomic E-state index is 13.5. The molecular weight excluding hydrogens is 557 g/mol. The van der Waals surface area contributed by atoms with E-state index in [0.29, 0.717) is 47.1 Å². The summed E-state index contributed by atoms with van der Waals surface area (Å²) in [5, 5.41) is 3.03. The number of halogens is 4. The molecule has 0 unspecified atom stereocenters. The number of sulfonamides is 1. The van der Waals surface area contributed by atoms with E-state index < -0.39 is 39.1 Å². The van der Waals surface area contributed by atoms with Gasteiger partial charge in [0.05, 0.1) is 41.1 Å². The standard InChI is InChI=1S/C26H24ClF3N4O4S/c1-17-22(27)4-2-5-23(17)32-24(35)16-33(39(37,38)21-11-7-18(8-12-21)26(28,29)30)15-19-9-10-20(14-31-19)34-13-3-6-25(34)36/h2,4-5,7-12,14H,3,6,13,15-16H2,1H3,(H,32,35). The highest BCUT2D eigenvalue weighted by Crippen LogP contribution is 2.31. The zero-order chi connectivity index (χ0) is 28.4. The Balaban J connectivity index is 1.61. The van der Waals surface area contributed by atoms with Crippen LogP contribution in [-0.2, 0) is 32.3 Å². The SMILES string of the molecule is Cc1c(Cl)cccc1NC(=O)CN(Cc1ccc(N2CCCC2=O)cn1)S(=O)(=O)c1ccc(C(F)(F)F)cc1. The maximum Gasteiger partial charge on any atom is 0.416 e. The normalized spacial score (nSPS) is 14.2. The Labute approximate surface area is 228 Å². The van der Waals surface area contributed by atoms with Crippen molar-refractivity contribution in [3.05, 3.63) is 82.6 Å². The molecule has 0 atom stereocenters. The summed E-state index contributed by atoms with van der Waals surface area (Å²) in [6.07, 6.45) is -2.04. The van der Waals surface area contributed by atoms with Crippen LogP contribution in [-0.4, -0.2) is 42.6 Å². The number of aromatic nitrogens is 1. The van der Waals surface area contributed by atoms with Gasteiger partial charge in [-0.2, -0.15) is 17.5 Å². The molecule has 0 spiro atoms. The number of nitrogens with zero attached hydrogens (tertiary/aromatic N) is 3. The molecule has 1 N–H and O–H groups in total. The molecule has 2 heterocycles. The van der Waals surface area contributed by atoms with Crippen molar-refractivity contribution in [2.24, 2.45) is 0 Å². The summed E-state index contributed by atoms with van der Waals surface area (Å²) in [5.41, 5.74) is 0.798. The van der Waals surface area contributed by atoms with E-state index in [2.05, 4.69) is 10.3 Å². The van der Waals surface area contributed by atoms with Crippen LogP contribution in [0.4, 0.5) is 24.5 Å². The van der Waals surface area contributed by atoms with Crippen molar-refractivity contribution in [1.29, 1.82) is 0 Å². The molecule has 0 aliphatic carbocycles. The number of pyridine rings is 1. The van der Waals surface area contributed by atoms with Crippen molar-refractivity contribution in [2.45, 2.75) is 37.4 Å². The Morgan fingerprint density at radius 2 is 1.85 bits per heavy atom. The number of carbonyl (C=O) groups excluding carboxylic acids is 2. The molecule has 2 aromatic carbocycles. The van der Waals surface area contributed by atoms with Gasteiger partial charge >= 0.3 is 6.18 Å². The molecule has 1 saturated heterocycles. The fourth-order valence-electron chi connectivity index (χ4n) is 4.06. The monoisotopic (exact) mass is 580 g/mol. The minimum atomic E-state index is -4.64. The lowest BCUT2D eigenvalue weighted by molar-refractivity contribution is -0.137. The van der Waals surface area contributed by atoms with Crippen LogP contribution in [0.1, 0.15) is 29.7 Å². The molecule has 3 aromatic rings. The highest BCUT2D eigenvalue weighted by Gasteiger charge is 2.32. The number of alkyl halides is 3. The Morgan fingerprint density at radius 1 is 1.13 bits per heavy atom. The second kappa shape index (κ2) is 11.3. The van der Waals surface area contributed by atoms with Gasteiger partial charge in [-0.3, -0.25) is 14.6 Å². The maximum absolute atomic E-state index is 13.5. The van der Waals surface area contributed by atoms with Crippen LogP contribution in [0.15, 0.2) is 65.7 Å². The van der Waals surface area contributed by atoms with E-state index in [-0.39, 0.29) is 18.1 Å². The van der Waals surface area contributed by atoms with Gasteiger partial charge in [0.2, 0.25) is 21.8 Å². The fraction of sp³-hybridized carbons (Fsp3) is 0.269. The minimum Gasteiger partial charge on any atom is -0.325 e. The van der Waals surface area contributed by atoms with Crippen LogP contribution in [0.25, 0.3) is 0 Å². The van der Waals surface area contributed by atoms with Gasteiger partial charge in [0.25, 0.3) is 0 Å². The molecule has 206 valence electrons. The van der Waals surface area contributed by atoms with Crippen molar-refractivity contribution in [2.75, 3.05) is 23.3 Å². The van der Waals surface area contributed by atoms with Crippen LogP contribution in [0, 0.1) is 6.92 Å². The Morgan fingerprint density at radius 3 is 2.44 bits per heavy atom. The van der Waals surface area contributed by atoms with E-state index >= 15 is 0 Å². The van der Waals surface area contributed by atoms with Crippen molar-refractivity contribution >= 4 is 44.8 Å². The first-order valence-corrected chi connectivity index (χ1v) is 13.7. The molecule has 0 radical (unpaired) electrons. The molecule has 0 bridgehead atoms. The Hall–Kier alpha value is -3.48. The molecule has 39 heavy (non-hydrogen) atoms. The predicted molar refractivity (Wildman–Crippen MR) is 140 cm³/mol. The molecule has 1 aromatic heterocycles. The van der Waals surface area contributed by atoms with Gasteiger partial charge in [-0.1, -0.05) is 17.7 Å². The quantitative estimate of drug-likeness (QED) is 0.403. The van der Waals surface area contributed by atoms with Gasteiger partial charge in [-0.05, 0) is 67.4 Å². The summed E-state index contributed by atoms with van der Waals surface area (Å²) in [7, 11) is -4.43. The average Bonchev–Trinajstić information content (AvgIpc) is 3.32. The summed E-state index contributed by atoms with van der Waals surface area (Å²) < 4.78 is 66.9. The number of benzene rings is 2. The number of rotatable bonds is 8. The fourth-order valence-corrected chi connectivity index (χ4v) is 5.60. The van der Waals surface area contributed by atoms with E-state index in [9.17, 15) is 31.2 Å². The molecule has 2 amide bonds. The Bertz CT molecular complexity index is 1480. The summed E-state index contributed by atoms with van der Waals surface area (Å²) >= 11 is 6.11. The van der Waals surface area contributed by atoms with E-state index in [1.807, 2.05) is 0 Å². The van der Waals surface area contributed by atoms with Crippen LogP contribution in [0.2, 0.25) is 5.02 Å². The minimum absolute atomic E-state index is 0.0379. The Kier molecular flexibility index (Phi) is 8.28. The molecular formula is C26H24ClF3N4O4S. The number of nitrogens with one attached hydrogen (secondary N) is 1. The van der Waals surface area contributed by atoms with Crippen LogP contribution >= 0.6 is 11.6 Å². The zero-order valence-corrected chi connectivity index (χ0v) is 22.3. The first kappa shape index (κ1) is 28.5. The third-order valence-electron chi connectivity index (χ3n) is 6.21. The van der Waals surface area contributed by atoms with E-state index in [1.165, 1.54) is 12.3 Å². The number of anilines is 2. The van der Waals surface area contributed by atoms with Gasteiger partial charge < -0.3 is 10.2 Å². The molecule has 1 aliphatic heterocycles. The van der Waals surface area contributed by atoms with Gasteiger partial charge in [-0.15, -0.1) is 0 Å². The molecule has 0 saturated carbocycles. The first-order chi connectivity index (χ1) is 18.4. The van der Waals surface area contributed by atoms with Crippen LogP contribution in [0.3, 0.4) is 0 Å². The molecule has 4 rings (SSSR count). The molecule has 8 nitrogen and oxygen atoms in total. The molecule has 13 heteroatoms. The van der Waals surface area contributed by atoms with Gasteiger partial charge in [-0.25, -0.2) is 8.42 Å². The number of hydrogen-bond acceptors (Lipinski definition) is 5. The number of hydrogen-bond donors (Lipinski definition) is 1. The third kappa shape index (κ3) is 6.57. The van der Waals surface area contributed by atoms with Gasteiger partial charge in [0.1, 0.15) is 0 Å². The smallest absolute Gasteiger partial charge is 0.325 e. The van der Waals surface area contributed by atoms with E-state index in [1.54, 1.807) is 36.1 Å². The van der Waals surface area contributed by atoms with Crippen molar-refractivity contribution in [1.82, 2.24) is 9.29 Å². The van der Waals surface area contributed by atoms with Crippen molar-refractivity contribution in [3.8, 4) is 0 Å². The average molecular weight is 581 g/mol. The second-order valence-electron chi connectivity index (χ2n) is 8.91. The molecule has 1 fully saturated rings. The highest BCUT2D eigenvalue weighted by molar-refractivity contribution is 7.89. The lowest BCUT2D eigenvalue weighted by atomic mass is 10.2. The predicted octanol–water partition coefficient (Wildman–Crippen LogP) is 5.02. The third-order valence-corrected chi connectivity index (χ3v) is 8.43. The van der Waals surface area contributed by atoms with Gasteiger partial charge in [0, 0.05) is 23.7 Å². The first-order valence-electron chi connectivity index (χ1n) is 11.8.